The average Bonchev–Trinajstić information content (AvgIpc) is 2.39. The molecule has 0 fully saturated rings. The number of nitro groups is 1. The first-order valence-electron chi connectivity index (χ1n) is 5.04. The minimum absolute atomic E-state index is 0.335. The van der Waals surface area contributed by atoms with Gasteiger partial charge in [0.15, 0.2) is 0 Å². The standard InChI is InChI=1S/C11H7N3O4S/c15-11(16)7-5-10(13-6-8(7)14(17)18)19-9-3-1-2-4-12-9/h1-6H,(H,15,16). The summed E-state index contributed by atoms with van der Waals surface area (Å²) in [4.78, 5) is 28.8. The Kier molecular flexibility index (Phi) is 3.71. The SMILES string of the molecule is O=C(O)c1cc(Sc2ccccn2)ncc1[N+](=O)[O-]. The molecule has 0 aliphatic rings. The highest BCUT2D eigenvalue weighted by Gasteiger charge is 2.21. The van der Waals surface area contributed by atoms with Crippen LogP contribution >= 0.6 is 11.8 Å². The van der Waals surface area contributed by atoms with E-state index in [0.29, 0.717) is 10.1 Å². The van der Waals surface area contributed by atoms with Crippen molar-refractivity contribution in [3.05, 3.63) is 52.3 Å². The van der Waals surface area contributed by atoms with E-state index in [-0.39, 0.29) is 0 Å². The molecule has 0 unspecified atom stereocenters. The first kappa shape index (κ1) is 13.0. The zero-order chi connectivity index (χ0) is 13.8. The lowest BCUT2D eigenvalue weighted by Crippen LogP contribution is -2.03. The van der Waals surface area contributed by atoms with E-state index in [1.54, 1.807) is 24.4 Å². The summed E-state index contributed by atoms with van der Waals surface area (Å²) < 4.78 is 0. The van der Waals surface area contributed by atoms with Gasteiger partial charge in [-0.1, -0.05) is 17.8 Å². The number of aromatic carboxylic acids is 1. The minimum atomic E-state index is -1.36. The molecule has 0 aromatic carbocycles. The fourth-order valence-corrected chi connectivity index (χ4v) is 2.07. The second-order valence-corrected chi connectivity index (χ2v) is 4.41. The molecule has 0 radical (unpaired) electrons. The van der Waals surface area contributed by atoms with Crippen LogP contribution in [-0.2, 0) is 0 Å². The van der Waals surface area contributed by atoms with Crippen molar-refractivity contribution in [1.82, 2.24) is 9.97 Å². The molecule has 0 saturated carbocycles. The Balaban J connectivity index is 2.36. The fraction of sp³-hybridized carbons (Fsp3) is 0. The smallest absolute Gasteiger partial charge is 0.342 e. The van der Waals surface area contributed by atoms with Crippen molar-refractivity contribution >= 4 is 23.4 Å². The maximum absolute atomic E-state index is 11.0. The van der Waals surface area contributed by atoms with Gasteiger partial charge in [-0.2, -0.15) is 0 Å². The molecular formula is C11H7N3O4S. The number of carbonyl (C=O) groups is 1. The van der Waals surface area contributed by atoms with Crippen LogP contribution in [0.4, 0.5) is 5.69 Å². The van der Waals surface area contributed by atoms with E-state index in [1.807, 2.05) is 0 Å². The van der Waals surface area contributed by atoms with E-state index < -0.39 is 22.1 Å². The molecule has 7 nitrogen and oxygen atoms in total. The van der Waals surface area contributed by atoms with E-state index >= 15 is 0 Å². The van der Waals surface area contributed by atoms with Crippen molar-refractivity contribution < 1.29 is 14.8 Å². The Morgan fingerprint density at radius 2 is 2.11 bits per heavy atom. The normalized spacial score (nSPS) is 10.1. The quantitative estimate of drug-likeness (QED) is 0.674. The number of aromatic nitrogens is 2. The van der Waals surface area contributed by atoms with Crippen LogP contribution in [0.15, 0.2) is 46.7 Å². The Hall–Kier alpha value is -2.48. The molecule has 0 amide bonds. The van der Waals surface area contributed by atoms with Gasteiger partial charge in [-0.25, -0.2) is 14.8 Å². The number of hydrogen-bond acceptors (Lipinski definition) is 6. The maximum Gasteiger partial charge on any atom is 0.342 e. The van der Waals surface area contributed by atoms with Gasteiger partial charge < -0.3 is 5.11 Å². The molecule has 0 aliphatic carbocycles. The Morgan fingerprint density at radius 3 is 2.68 bits per heavy atom. The van der Waals surface area contributed by atoms with Crippen LogP contribution in [0.25, 0.3) is 0 Å². The highest BCUT2D eigenvalue weighted by atomic mass is 32.2. The Labute approximate surface area is 111 Å². The molecule has 96 valence electrons. The Morgan fingerprint density at radius 1 is 1.32 bits per heavy atom. The van der Waals surface area contributed by atoms with Crippen LogP contribution in [0.2, 0.25) is 0 Å². The van der Waals surface area contributed by atoms with Crippen molar-refractivity contribution in [2.45, 2.75) is 10.1 Å². The summed E-state index contributed by atoms with van der Waals surface area (Å²) in [6.45, 7) is 0. The first-order valence-corrected chi connectivity index (χ1v) is 5.86. The lowest BCUT2D eigenvalue weighted by Gasteiger charge is -2.02. The van der Waals surface area contributed by atoms with Crippen LogP contribution < -0.4 is 0 Å². The first-order chi connectivity index (χ1) is 9.08. The van der Waals surface area contributed by atoms with Gasteiger partial charge in [0.2, 0.25) is 0 Å². The number of rotatable bonds is 4. The van der Waals surface area contributed by atoms with Gasteiger partial charge in [0.05, 0.1) is 4.92 Å². The van der Waals surface area contributed by atoms with Gasteiger partial charge in [0.25, 0.3) is 0 Å². The average molecular weight is 277 g/mol. The summed E-state index contributed by atoms with van der Waals surface area (Å²) in [5.74, 6) is -1.36. The second-order valence-electron chi connectivity index (χ2n) is 3.37. The van der Waals surface area contributed by atoms with Crippen molar-refractivity contribution in [2.75, 3.05) is 0 Å². The molecular weight excluding hydrogens is 270 g/mol. The van der Waals surface area contributed by atoms with Crippen LogP contribution in [0.5, 0.6) is 0 Å². The molecule has 2 heterocycles. The lowest BCUT2D eigenvalue weighted by molar-refractivity contribution is -0.385. The zero-order valence-corrected chi connectivity index (χ0v) is 10.2. The van der Waals surface area contributed by atoms with E-state index in [4.69, 9.17) is 5.11 Å². The molecule has 2 aromatic heterocycles. The van der Waals surface area contributed by atoms with Crippen molar-refractivity contribution in [2.24, 2.45) is 0 Å². The summed E-state index contributed by atoms with van der Waals surface area (Å²) in [7, 11) is 0. The molecule has 2 aromatic rings. The zero-order valence-electron chi connectivity index (χ0n) is 9.39. The van der Waals surface area contributed by atoms with Crippen LogP contribution in [-0.4, -0.2) is 26.0 Å². The van der Waals surface area contributed by atoms with Gasteiger partial charge in [-0.05, 0) is 18.2 Å². The number of carboxylic acids is 1. The van der Waals surface area contributed by atoms with Gasteiger partial charge in [0, 0.05) is 6.20 Å². The third-order valence-electron chi connectivity index (χ3n) is 2.13. The molecule has 1 N–H and O–H groups in total. The minimum Gasteiger partial charge on any atom is -0.477 e. The van der Waals surface area contributed by atoms with Crippen molar-refractivity contribution in [3.8, 4) is 0 Å². The molecule has 19 heavy (non-hydrogen) atoms. The highest BCUT2D eigenvalue weighted by molar-refractivity contribution is 7.99. The van der Waals surface area contributed by atoms with Gasteiger partial charge >= 0.3 is 11.7 Å². The van der Waals surface area contributed by atoms with Crippen molar-refractivity contribution in [1.29, 1.82) is 0 Å². The molecule has 0 spiro atoms. The molecule has 8 heteroatoms. The molecule has 0 atom stereocenters. The van der Waals surface area contributed by atoms with E-state index in [9.17, 15) is 14.9 Å². The molecule has 0 saturated heterocycles. The number of nitrogens with zero attached hydrogens (tertiary/aromatic N) is 3. The predicted molar refractivity (Wildman–Crippen MR) is 66.2 cm³/mol. The van der Waals surface area contributed by atoms with E-state index in [1.165, 1.54) is 6.07 Å². The second kappa shape index (κ2) is 5.44. The number of pyridine rings is 2. The largest absolute Gasteiger partial charge is 0.477 e. The van der Waals surface area contributed by atoms with Gasteiger partial charge in [0.1, 0.15) is 21.8 Å². The summed E-state index contributed by atoms with van der Waals surface area (Å²) in [5, 5.41) is 20.6. The topological polar surface area (TPSA) is 106 Å². The monoisotopic (exact) mass is 277 g/mol. The molecule has 0 bridgehead atoms. The maximum atomic E-state index is 11.0. The number of hydrogen-bond donors (Lipinski definition) is 1. The third kappa shape index (κ3) is 3.05. The van der Waals surface area contributed by atoms with E-state index in [0.717, 1.165) is 18.0 Å². The van der Waals surface area contributed by atoms with Crippen LogP contribution in [0, 0.1) is 10.1 Å². The Bertz CT molecular complexity index is 633. The van der Waals surface area contributed by atoms with Crippen LogP contribution in [0.1, 0.15) is 10.4 Å². The van der Waals surface area contributed by atoms with Gasteiger partial charge in [-0.3, -0.25) is 10.1 Å². The fourth-order valence-electron chi connectivity index (χ4n) is 1.32. The van der Waals surface area contributed by atoms with Crippen LogP contribution in [0.3, 0.4) is 0 Å². The molecule has 2 rings (SSSR count). The van der Waals surface area contributed by atoms with E-state index in [2.05, 4.69) is 9.97 Å². The third-order valence-corrected chi connectivity index (χ3v) is 3.01. The summed E-state index contributed by atoms with van der Waals surface area (Å²) in [5.41, 5.74) is -0.920. The molecule has 0 aliphatic heterocycles. The summed E-state index contributed by atoms with van der Waals surface area (Å²) in [6, 6.07) is 6.42. The summed E-state index contributed by atoms with van der Waals surface area (Å²) >= 11 is 1.13. The lowest BCUT2D eigenvalue weighted by atomic mass is 10.2. The summed E-state index contributed by atoms with van der Waals surface area (Å²) in [6.07, 6.45) is 2.53. The van der Waals surface area contributed by atoms with Gasteiger partial charge in [-0.15, -0.1) is 0 Å². The predicted octanol–water partition coefficient (Wildman–Crippen LogP) is 2.23. The van der Waals surface area contributed by atoms with Crippen molar-refractivity contribution in [3.63, 3.8) is 0 Å². The number of carboxylic acid groups (broad SMARTS) is 1. The highest BCUT2D eigenvalue weighted by Crippen LogP contribution is 2.27.